The Morgan fingerprint density at radius 1 is 1.25 bits per heavy atom. The van der Waals surface area contributed by atoms with Crippen molar-refractivity contribution < 1.29 is 22.9 Å². The highest BCUT2D eigenvalue weighted by Crippen LogP contribution is 2.08. The van der Waals surface area contributed by atoms with E-state index in [9.17, 15) is 13.2 Å². The van der Waals surface area contributed by atoms with Crippen molar-refractivity contribution in [2.24, 2.45) is 0 Å². The maximum absolute atomic E-state index is 10.7. The van der Waals surface area contributed by atoms with Gasteiger partial charge in [-0.15, -0.1) is 0 Å². The van der Waals surface area contributed by atoms with Crippen LogP contribution in [-0.2, 0) is 14.9 Å². The maximum atomic E-state index is 10.7. The van der Waals surface area contributed by atoms with Gasteiger partial charge >= 0.3 is 5.97 Å². The average molecular weight is 242 g/mol. The summed E-state index contributed by atoms with van der Waals surface area (Å²) < 4.78 is 29.8. The molecule has 86 valence electrons. The van der Waals surface area contributed by atoms with Crippen molar-refractivity contribution in [3.05, 3.63) is 41.5 Å². The van der Waals surface area contributed by atoms with Crippen LogP contribution in [0.3, 0.4) is 0 Å². The van der Waals surface area contributed by atoms with Crippen molar-refractivity contribution in [2.45, 2.75) is 0 Å². The fourth-order valence-corrected chi connectivity index (χ4v) is 1.71. The van der Waals surface area contributed by atoms with Crippen LogP contribution in [0.4, 0.5) is 0 Å². The minimum Gasteiger partial charge on any atom is -0.478 e. The minimum atomic E-state index is -4.34. The van der Waals surface area contributed by atoms with Gasteiger partial charge in [0.1, 0.15) is 5.75 Å². The van der Waals surface area contributed by atoms with Gasteiger partial charge in [-0.05, 0) is 11.6 Å². The summed E-state index contributed by atoms with van der Waals surface area (Å²) in [6.07, 6.45) is 1.20. The number of rotatable bonds is 4. The second-order valence-electron chi connectivity index (χ2n) is 3.11. The van der Waals surface area contributed by atoms with Gasteiger partial charge in [-0.2, -0.15) is 8.42 Å². The van der Waals surface area contributed by atoms with E-state index in [0.29, 0.717) is 5.56 Å². The molecule has 0 fully saturated rings. The fourth-order valence-electron chi connectivity index (χ4n) is 1.11. The van der Waals surface area contributed by atoms with Crippen LogP contribution in [0.25, 0.3) is 6.08 Å². The summed E-state index contributed by atoms with van der Waals surface area (Å²) in [6, 6.07) is 8.40. The Hall–Kier alpha value is -1.66. The van der Waals surface area contributed by atoms with E-state index in [0.717, 1.165) is 0 Å². The Labute approximate surface area is 92.8 Å². The first-order valence-corrected chi connectivity index (χ1v) is 5.93. The summed E-state index contributed by atoms with van der Waals surface area (Å²) in [5.41, 5.74) is 0.178. The zero-order valence-corrected chi connectivity index (χ0v) is 9.02. The van der Waals surface area contributed by atoms with Gasteiger partial charge in [-0.1, -0.05) is 30.3 Å². The molecule has 2 N–H and O–H groups in total. The van der Waals surface area contributed by atoms with Gasteiger partial charge in [0.05, 0.1) is 5.57 Å². The van der Waals surface area contributed by atoms with E-state index in [-0.39, 0.29) is 5.57 Å². The smallest absolute Gasteiger partial charge is 0.332 e. The molecule has 0 unspecified atom stereocenters. The first kappa shape index (κ1) is 12.4. The highest BCUT2D eigenvalue weighted by molar-refractivity contribution is 7.86. The molecule has 1 aromatic rings. The summed E-state index contributed by atoms with van der Waals surface area (Å²) in [7, 11) is -4.34. The van der Waals surface area contributed by atoms with Gasteiger partial charge in [-0.25, -0.2) is 4.79 Å². The van der Waals surface area contributed by atoms with Crippen LogP contribution in [0.2, 0.25) is 0 Å². The van der Waals surface area contributed by atoms with E-state index in [4.69, 9.17) is 9.66 Å². The summed E-state index contributed by atoms with van der Waals surface area (Å²) in [5, 5.41) is 8.75. The molecule has 16 heavy (non-hydrogen) atoms. The average Bonchev–Trinajstić information content (AvgIpc) is 2.16. The van der Waals surface area contributed by atoms with E-state index in [1.807, 2.05) is 0 Å². The van der Waals surface area contributed by atoms with Crippen LogP contribution >= 0.6 is 0 Å². The van der Waals surface area contributed by atoms with Gasteiger partial charge in [0.2, 0.25) is 0 Å². The van der Waals surface area contributed by atoms with E-state index >= 15 is 0 Å². The number of carboxylic acids is 1. The number of hydrogen-bond donors (Lipinski definition) is 2. The fraction of sp³-hybridized carbons (Fsp3) is 0.100. The summed E-state index contributed by atoms with van der Waals surface area (Å²) >= 11 is 0. The van der Waals surface area contributed by atoms with Crippen LogP contribution in [0.5, 0.6) is 0 Å². The van der Waals surface area contributed by atoms with E-state index < -0.39 is 21.8 Å². The topological polar surface area (TPSA) is 91.7 Å². The summed E-state index contributed by atoms with van der Waals surface area (Å²) in [4.78, 5) is 10.7. The molecule has 0 spiro atoms. The van der Waals surface area contributed by atoms with Crippen molar-refractivity contribution >= 4 is 22.2 Å². The molecular weight excluding hydrogens is 232 g/mol. The molecule has 0 atom stereocenters. The largest absolute Gasteiger partial charge is 0.478 e. The first-order chi connectivity index (χ1) is 7.38. The van der Waals surface area contributed by atoms with Gasteiger partial charge in [0.15, 0.2) is 0 Å². The summed E-state index contributed by atoms with van der Waals surface area (Å²) in [5.74, 6) is -2.28. The third-order valence-corrected chi connectivity index (χ3v) is 2.43. The SMILES string of the molecule is O=C(O)/C(=C/c1ccccc1)CS(=O)(=O)O. The van der Waals surface area contributed by atoms with Gasteiger partial charge in [0.25, 0.3) is 10.1 Å². The van der Waals surface area contributed by atoms with E-state index in [1.54, 1.807) is 30.3 Å². The Kier molecular flexibility index (Phi) is 3.81. The lowest BCUT2D eigenvalue weighted by Gasteiger charge is -2.00. The van der Waals surface area contributed by atoms with Gasteiger partial charge in [0, 0.05) is 0 Å². The van der Waals surface area contributed by atoms with E-state index in [1.165, 1.54) is 6.08 Å². The van der Waals surface area contributed by atoms with Crippen molar-refractivity contribution in [3.63, 3.8) is 0 Å². The lowest BCUT2D eigenvalue weighted by Crippen LogP contribution is -2.13. The lowest BCUT2D eigenvalue weighted by atomic mass is 10.1. The normalized spacial score (nSPS) is 12.4. The molecule has 0 aliphatic rings. The van der Waals surface area contributed by atoms with Gasteiger partial charge < -0.3 is 5.11 Å². The van der Waals surface area contributed by atoms with Crippen LogP contribution in [0.1, 0.15) is 5.56 Å². The number of hydrogen-bond acceptors (Lipinski definition) is 3. The maximum Gasteiger partial charge on any atom is 0.332 e. The van der Waals surface area contributed by atoms with Crippen molar-refractivity contribution in [2.75, 3.05) is 5.75 Å². The zero-order chi connectivity index (χ0) is 12.2. The molecule has 0 saturated carbocycles. The second-order valence-corrected chi connectivity index (χ2v) is 4.56. The monoisotopic (exact) mass is 242 g/mol. The number of carboxylic acid groups (broad SMARTS) is 1. The summed E-state index contributed by atoms with van der Waals surface area (Å²) in [6.45, 7) is 0. The molecule has 5 nitrogen and oxygen atoms in total. The van der Waals surface area contributed by atoms with Crippen molar-refractivity contribution in [1.82, 2.24) is 0 Å². The molecule has 0 heterocycles. The van der Waals surface area contributed by atoms with Crippen molar-refractivity contribution in [1.29, 1.82) is 0 Å². The third kappa shape index (κ3) is 4.24. The first-order valence-electron chi connectivity index (χ1n) is 4.32. The molecule has 6 heteroatoms. The molecule has 0 amide bonds. The van der Waals surface area contributed by atoms with Crippen LogP contribution < -0.4 is 0 Å². The Balaban J connectivity index is 3.04. The highest BCUT2D eigenvalue weighted by atomic mass is 32.2. The standard InChI is InChI=1S/C10H10O5S/c11-10(12)9(7-16(13,14)15)6-8-4-2-1-3-5-8/h1-6H,7H2,(H,11,12)(H,13,14,15)/b9-6+. The predicted molar refractivity (Wildman–Crippen MR) is 58.5 cm³/mol. The van der Waals surface area contributed by atoms with Crippen LogP contribution in [-0.4, -0.2) is 29.8 Å². The Morgan fingerprint density at radius 3 is 2.25 bits per heavy atom. The molecule has 0 saturated heterocycles. The van der Waals surface area contributed by atoms with Crippen LogP contribution in [0.15, 0.2) is 35.9 Å². The van der Waals surface area contributed by atoms with Gasteiger partial charge in [-0.3, -0.25) is 4.55 Å². The number of benzene rings is 1. The Morgan fingerprint density at radius 2 is 1.81 bits per heavy atom. The molecule has 1 aromatic carbocycles. The third-order valence-electron chi connectivity index (χ3n) is 1.75. The zero-order valence-electron chi connectivity index (χ0n) is 8.20. The lowest BCUT2D eigenvalue weighted by molar-refractivity contribution is -0.132. The molecule has 1 rings (SSSR count). The quantitative estimate of drug-likeness (QED) is 0.608. The number of carbonyl (C=O) groups is 1. The molecule has 0 aromatic heterocycles. The minimum absolute atomic E-state index is 0.381. The molecule has 0 radical (unpaired) electrons. The highest BCUT2D eigenvalue weighted by Gasteiger charge is 2.15. The Bertz CT molecular complexity index is 501. The second kappa shape index (κ2) is 4.91. The molecule has 0 aliphatic carbocycles. The van der Waals surface area contributed by atoms with Crippen molar-refractivity contribution in [3.8, 4) is 0 Å². The molecule has 0 bridgehead atoms. The number of aliphatic carboxylic acids is 1. The predicted octanol–water partition coefficient (Wildman–Crippen LogP) is 1.04. The van der Waals surface area contributed by atoms with E-state index in [2.05, 4.69) is 0 Å². The molecular formula is C10H10O5S. The van der Waals surface area contributed by atoms with Crippen LogP contribution in [0, 0.1) is 0 Å². The molecule has 0 aliphatic heterocycles.